The molecule has 8 nitrogen and oxygen atoms in total. The van der Waals surface area contributed by atoms with Crippen molar-refractivity contribution < 1.29 is 13.2 Å². The fraction of sp³-hybridized carbons (Fsp3) is 0.133. The van der Waals surface area contributed by atoms with E-state index in [-0.39, 0.29) is 4.90 Å². The summed E-state index contributed by atoms with van der Waals surface area (Å²) in [5, 5.41) is 8.23. The molecular weight excluding hydrogens is 590 g/mol. The first kappa shape index (κ1) is 27.6. The third-order valence-corrected chi connectivity index (χ3v) is 8.23. The lowest BCUT2D eigenvalue weighted by Crippen LogP contribution is -2.26. The van der Waals surface area contributed by atoms with E-state index in [0.717, 1.165) is 38.3 Å². The molecule has 0 radical (unpaired) electrons. The molecule has 0 aliphatic carbocycles. The second-order valence-electron chi connectivity index (χ2n) is 8.97. The Bertz CT molecular complexity index is 1690. The number of nitrogens with one attached hydrogen (secondary N) is 2. The molecular formula is C30H28BrN5O3S. The second kappa shape index (κ2) is 12.5. The molecule has 0 aliphatic heterocycles. The van der Waals surface area contributed by atoms with Crippen molar-refractivity contribution in [2.45, 2.75) is 11.3 Å². The highest BCUT2D eigenvalue weighted by Crippen LogP contribution is 2.34. The molecule has 204 valence electrons. The number of aromatic nitrogens is 3. The minimum Gasteiger partial charge on any atom is -0.497 e. The van der Waals surface area contributed by atoms with Gasteiger partial charge in [-0.2, -0.15) is 5.10 Å². The highest BCUT2D eigenvalue weighted by molar-refractivity contribution is 9.10. The summed E-state index contributed by atoms with van der Waals surface area (Å²) in [5.74, 6) is 1.45. The Balaban J connectivity index is 1.31. The van der Waals surface area contributed by atoms with Crippen LogP contribution in [-0.4, -0.2) is 43.4 Å². The van der Waals surface area contributed by atoms with Crippen LogP contribution in [0.2, 0.25) is 0 Å². The number of halogens is 1. The van der Waals surface area contributed by atoms with Gasteiger partial charge in [0.15, 0.2) is 0 Å². The van der Waals surface area contributed by atoms with Gasteiger partial charge in [0.05, 0.1) is 17.7 Å². The summed E-state index contributed by atoms with van der Waals surface area (Å²) in [7, 11) is -1.91. The van der Waals surface area contributed by atoms with Gasteiger partial charge < -0.3 is 10.1 Å². The first-order valence-electron chi connectivity index (χ1n) is 12.7. The van der Waals surface area contributed by atoms with E-state index in [4.69, 9.17) is 9.84 Å². The lowest BCUT2D eigenvalue weighted by atomic mass is 10.0. The highest BCUT2D eigenvalue weighted by Gasteiger charge is 2.16. The van der Waals surface area contributed by atoms with Crippen LogP contribution in [-0.2, 0) is 10.0 Å². The largest absolute Gasteiger partial charge is 0.497 e. The van der Waals surface area contributed by atoms with E-state index in [1.54, 1.807) is 37.6 Å². The number of methoxy groups -OCH3 is 1. The molecule has 0 unspecified atom stereocenters. The van der Waals surface area contributed by atoms with Crippen LogP contribution < -0.4 is 14.8 Å². The van der Waals surface area contributed by atoms with E-state index in [9.17, 15) is 8.42 Å². The Morgan fingerprint density at radius 1 is 0.900 bits per heavy atom. The van der Waals surface area contributed by atoms with Crippen LogP contribution in [0, 0.1) is 0 Å². The smallest absolute Gasteiger partial charge is 0.240 e. The molecule has 0 saturated carbocycles. The SMILES string of the molecule is COc1cccc(-c2nn(-c3ccccc3)cc2-c2ccnc(NCCCNS(=O)(=O)c3ccc(Br)cc3)c2)c1. The van der Waals surface area contributed by atoms with Crippen molar-refractivity contribution in [3.8, 4) is 33.8 Å². The van der Waals surface area contributed by atoms with E-state index < -0.39 is 10.0 Å². The van der Waals surface area contributed by atoms with Crippen LogP contribution in [0.15, 0.2) is 113 Å². The fourth-order valence-electron chi connectivity index (χ4n) is 4.18. The van der Waals surface area contributed by atoms with Gasteiger partial charge in [-0.3, -0.25) is 0 Å². The maximum Gasteiger partial charge on any atom is 0.240 e. The molecule has 0 fully saturated rings. The van der Waals surface area contributed by atoms with Gasteiger partial charge in [-0.1, -0.05) is 46.3 Å². The number of pyridine rings is 1. The summed E-state index contributed by atoms with van der Waals surface area (Å²) >= 11 is 3.32. The average molecular weight is 619 g/mol. The van der Waals surface area contributed by atoms with Crippen molar-refractivity contribution in [3.63, 3.8) is 0 Å². The molecule has 5 aromatic rings. The molecule has 2 aromatic heterocycles. The van der Waals surface area contributed by atoms with Crippen LogP contribution in [0.3, 0.4) is 0 Å². The summed E-state index contributed by atoms with van der Waals surface area (Å²) in [6, 6.07) is 28.3. The van der Waals surface area contributed by atoms with Crippen LogP contribution in [0.25, 0.3) is 28.1 Å². The number of sulfonamides is 1. The van der Waals surface area contributed by atoms with Gasteiger partial charge in [-0.25, -0.2) is 22.8 Å². The Hall–Kier alpha value is -3.99. The monoisotopic (exact) mass is 617 g/mol. The first-order chi connectivity index (χ1) is 19.4. The topological polar surface area (TPSA) is 98.1 Å². The molecule has 3 aromatic carbocycles. The number of para-hydroxylation sites is 1. The predicted octanol–water partition coefficient (Wildman–Crippen LogP) is 6.15. The lowest BCUT2D eigenvalue weighted by molar-refractivity contribution is 0.415. The Morgan fingerprint density at radius 2 is 1.70 bits per heavy atom. The normalized spacial score (nSPS) is 11.3. The fourth-order valence-corrected chi connectivity index (χ4v) is 5.52. The maximum absolute atomic E-state index is 12.5. The number of hydrogen-bond donors (Lipinski definition) is 2. The summed E-state index contributed by atoms with van der Waals surface area (Å²) < 4.78 is 35.8. The number of anilines is 1. The van der Waals surface area contributed by atoms with Crippen molar-refractivity contribution in [1.29, 1.82) is 0 Å². The molecule has 5 rings (SSSR count). The van der Waals surface area contributed by atoms with Gasteiger partial charge in [-0.05, 0) is 72.6 Å². The third-order valence-electron chi connectivity index (χ3n) is 6.22. The van der Waals surface area contributed by atoms with Gasteiger partial charge in [0.25, 0.3) is 0 Å². The Morgan fingerprint density at radius 3 is 2.48 bits per heavy atom. The van der Waals surface area contributed by atoms with Crippen molar-refractivity contribution in [3.05, 3.63) is 108 Å². The molecule has 2 N–H and O–H groups in total. The van der Waals surface area contributed by atoms with Gasteiger partial charge in [-0.15, -0.1) is 0 Å². The molecule has 2 heterocycles. The van der Waals surface area contributed by atoms with Gasteiger partial charge >= 0.3 is 0 Å². The molecule has 0 amide bonds. The van der Waals surface area contributed by atoms with Crippen LogP contribution in [0.4, 0.5) is 5.82 Å². The minimum absolute atomic E-state index is 0.237. The molecule has 0 bridgehead atoms. The van der Waals surface area contributed by atoms with E-state index in [0.29, 0.717) is 25.3 Å². The molecule has 0 spiro atoms. The summed E-state index contributed by atoms with van der Waals surface area (Å²) in [5.41, 5.74) is 4.62. The maximum atomic E-state index is 12.5. The summed E-state index contributed by atoms with van der Waals surface area (Å²) in [4.78, 5) is 4.70. The van der Waals surface area contributed by atoms with Gasteiger partial charge in [0.2, 0.25) is 10.0 Å². The van der Waals surface area contributed by atoms with E-state index in [1.807, 2.05) is 77.6 Å². The quantitative estimate of drug-likeness (QED) is 0.172. The van der Waals surface area contributed by atoms with Crippen molar-refractivity contribution in [2.75, 3.05) is 25.5 Å². The minimum atomic E-state index is -3.55. The zero-order chi connectivity index (χ0) is 28.0. The molecule has 40 heavy (non-hydrogen) atoms. The number of ether oxygens (including phenoxy) is 1. The lowest BCUT2D eigenvalue weighted by Gasteiger charge is -2.09. The zero-order valence-electron chi connectivity index (χ0n) is 21.8. The van der Waals surface area contributed by atoms with Crippen molar-refractivity contribution in [2.24, 2.45) is 0 Å². The summed E-state index contributed by atoms with van der Waals surface area (Å²) in [6.07, 6.45) is 4.35. The van der Waals surface area contributed by atoms with Crippen LogP contribution in [0.5, 0.6) is 5.75 Å². The van der Waals surface area contributed by atoms with E-state index in [2.05, 4.69) is 31.0 Å². The van der Waals surface area contributed by atoms with Crippen molar-refractivity contribution >= 4 is 31.8 Å². The average Bonchev–Trinajstić information content (AvgIpc) is 3.44. The number of nitrogens with zero attached hydrogens (tertiary/aromatic N) is 3. The number of benzene rings is 3. The first-order valence-corrected chi connectivity index (χ1v) is 15.0. The third kappa shape index (κ3) is 6.59. The Labute approximate surface area is 242 Å². The Kier molecular flexibility index (Phi) is 8.59. The standard InChI is InChI=1S/C30H28BrN5O3S/c1-39-26-10-5-7-23(19-26)30-28(21-36(35-30)25-8-3-2-4-9-25)22-15-18-33-29(20-22)32-16-6-17-34-40(37,38)27-13-11-24(31)12-14-27/h2-5,7-15,18-21,34H,6,16-17H2,1H3,(H,32,33). The summed E-state index contributed by atoms with van der Waals surface area (Å²) in [6.45, 7) is 0.847. The van der Waals surface area contributed by atoms with Gasteiger partial charge in [0.1, 0.15) is 17.3 Å². The van der Waals surface area contributed by atoms with Crippen LogP contribution in [0.1, 0.15) is 6.42 Å². The predicted molar refractivity (Wildman–Crippen MR) is 161 cm³/mol. The molecule has 0 aliphatic rings. The zero-order valence-corrected chi connectivity index (χ0v) is 24.2. The van der Waals surface area contributed by atoms with E-state index >= 15 is 0 Å². The van der Waals surface area contributed by atoms with Crippen LogP contribution >= 0.6 is 15.9 Å². The molecule has 10 heteroatoms. The number of hydrogen-bond acceptors (Lipinski definition) is 6. The van der Waals surface area contributed by atoms with E-state index in [1.165, 1.54) is 0 Å². The van der Waals surface area contributed by atoms with Crippen molar-refractivity contribution in [1.82, 2.24) is 19.5 Å². The molecule has 0 atom stereocenters. The van der Waals surface area contributed by atoms with Gasteiger partial charge in [0, 0.05) is 41.1 Å². The molecule has 0 saturated heterocycles. The second-order valence-corrected chi connectivity index (χ2v) is 11.6. The number of rotatable bonds is 11. The highest BCUT2D eigenvalue weighted by atomic mass is 79.9.